The third-order valence-corrected chi connectivity index (χ3v) is 8.16. The van der Waals surface area contributed by atoms with Gasteiger partial charge in [0.05, 0.1) is 22.3 Å². The number of nitrogens with two attached hydrogens (primary N) is 1. The number of carbonyl (C=O) groups is 2. The van der Waals surface area contributed by atoms with Gasteiger partial charge in [0.15, 0.2) is 0 Å². The number of nitrogens with zero attached hydrogens (tertiary/aromatic N) is 1. The second-order valence-electron chi connectivity index (χ2n) is 10.3. The van der Waals surface area contributed by atoms with Crippen molar-refractivity contribution in [1.29, 1.82) is 0 Å². The van der Waals surface area contributed by atoms with Crippen molar-refractivity contribution in [2.24, 2.45) is 17.1 Å². The molecule has 35 heavy (non-hydrogen) atoms. The number of primary amides is 1. The van der Waals surface area contributed by atoms with Gasteiger partial charge in [-0.25, -0.2) is 4.98 Å². The number of amides is 2. The fourth-order valence-corrected chi connectivity index (χ4v) is 6.29. The lowest BCUT2D eigenvalue weighted by atomic mass is 9.72. The standard InChI is InChI=1S/C29H29N3O2S/c1-29(2,3)18-13-14-20-24(15-18)35-28(25(20)26(30)33)32-27(34)21-16-23(17-9-5-4-6-10-17)31-22-12-8-7-11-19(21)22/h4-12,16,18H,13-15H2,1-3H3,(H2,30,33)(H,32,34)/t18-/m0/s1. The summed E-state index contributed by atoms with van der Waals surface area (Å²) < 4.78 is 0. The lowest BCUT2D eigenvalue weighted by Crippen LogP contribution is -2.27. The van der Waals surface area contributed by atoms with E-state index in [0.717, 1.165) is 51.9 Å². The molecular weight excluding hydrogens is 454 g/mol. The topological polar surface area (TPSA) is 85.1 Å². The van der Waals surface area contributed by atoms with Gasteiger partial charge >= 0.3 is 0 Å². The van der Waals surface area contributed by atoms with Crippen molar-refractivity contribution in [3.8, 4) is 11.3 Å². The zero-order chi connectivity index (χ0) is 24.7. The monoisotopic (exact) mass is 483 g/mol. The fraction of sp³-hybridized carbons (Fsp3) is 0.276. The molecule has 5 nitrogen and oxygen atoms in total. The second-order valence-corrected chi connectivity index (χ2v) is 11.4. The van der Waals surface area contributed by atoms with E-state index in [-0.39, 0.29) is 11.3 Å². The first-order chi connectivity index (χ1) is 16.7. The summed E-state index contributed by atoms with van der Waals surface area (Å²) in [6, 6.07) is 19.2. The Kier molecular flexibility index (Phi) is 5.93. The molecule has 0 aliphatic heterocycles. The molecule has 3 N–H and O–H groups in total. The molecule has 0 saturated carbocycles. The van der Waals surface area contributed by atoms with Gasteiger partial charge in [-0.2, -0.15) is 0 Å². The van der Waals surface area contributed by atoms with E-state index in [9.17, 15) is 9.59 Å². The minimum atomic E-state index is -0.489. The van der Waals surface area contributed by atoms with E-state index in [1.807, 2.05) is 60.7 Å². The number of aromatic nitrogens is 1. The number of thiophene rings is 1. The van der Waals surface area contributed by atoms with Crippen molar-refractivity contribution in [3.05, 3.63) is 82.2 Å². The van der Waals surface area contributed by atoms with E-state index < -0.39 is 5.91 Å². The highest BCUT2D eigenvalue weighted by molar-refractivity contribution is 7.17. The Morgan fingerprint density at radius 3 is 2.49 bits per heavy atom. The summed E-state index contributed by atoms with van der Waals surface area (Å²) in [5, 5.41) is 4.35. The molecule has 2 aromatic heterocycles. The van der Waals surface area contributed by atoms with Crippen molar-refractivity contribution >= 4 is 39.1 Å². The summed E-state index contributed by atoms with van der Waals surface area (Å²) in [7, 11) is 0. The van der Waals surface area contributed by atoms with Gasteiger partial charge in [-0.05, 0) is 48.3 Å². The lowest BCUT2D eigenvalue weighted by molar-refractivity contribution is 0.1000. The summed E-state index contributed by atoms with van der Waals surface area (Å²) in [6.45, 7) is 6.77. The summed E-state index contributed by atoms with van der Waals surface area (Å²) in [4.78, 5) is 32.0. The van der Waals surface area contributed by atoms with Crippen molar-refractivity contribution in [1.82, 2.24) is 4.98 Å². The predicted molar refractivity (Wildman–Crippen MR) is 143 cm³/mol. The van der Waals surface area contributed by atoms with Crippen LogP contribution in [0.25, 0.3) is 22.2 Å². The van der Waals surface area contributed by atoms with E-state index in [0.29, 0.717) is 22.0 Å². The van der Waals surface area contributed by atoms with Gasteiger partial charge in [-0.1, -0.05) is 69.3 Å². The Hall–Kier alpha value is -3.51. The smallest absolute Gasteiger partial charge is 0.257 e. The number of para-hydroxylation sites is 1. The van der Waals surface area contributed by atoms with E-state index in [1.165, 1.54) is 11.3 Å². The number of benzene rings is 2. The SMILES string of the molecule is CC(C)(C)[C@H]1CCc2c(sc(NC(=O)c3cc(-c4ccccc4)nc4ccccc34)c2C(N)=O)C1. The van der Waals surface area contributed by atoms with Crippen LogP contribution in [-0.2, 0) is 12.8 Å². The molecule has 5 rings (SSSR count). The van der Waals surface area contributed by atoms with Gasteiger partial charge in [0.25, 0.3) is 11.8 Å². The fourth-order valence-electron chi connectivity index (χ4n) is 4.96. The number of anilines is 1. The van der Waals surface area contributed by atoms with Gasteiger partial charge < -0.3 is 11.1 Å². The summed E-state index contributed by atoms with van der Waals surface area (Å²) >= 11 is 1.49. The number of pyridine rings is 1. The third kappa shape index (κ3) is 4.46. The molecule has 0 spiro atoms. The Balaban J connectivity index is 1.55. The van der Waals surface area contributed by atoms with E-state index in [2.05, 4.69) is 26.1 Å². The second kappa shape index (κ2) is 8.93. The molecule has 1 aliphatic rings. The van der Waals surface area contributed by atoms with Gasteiger partial charge in [0, 0.05) is 15.8 Å². The Labute approximate surface area is 209 Å². The van der Waals surface area contributed by atoms with E-state index in [1.54, 1.807) is 0 Å². The summed E-state index contributed by atoms with van der Waals surface area (Å²) in [5.41, 5.74) is 10.4. The number of hydrogen-bond donors (Lipinski definition) is 2. The minimum Gasteiger partial charge on any atom is -0.365 e. The number of hydrogen-bond acceptors (Lipinski definition) is 4. The van der Waals surface area contributed by atoms with Gasteiger partial charge in [0.2, 0.25) is 0 Å². The zero-order valence-electron chi connectivity index (χ0n) is 20.2. The Morgan fingerprint density at radius 2 is 1.77 bits per heavy atom. The first-order valence-electron chi connectivity index (χ1n) is 11.9. The molecule has 0 fully saturated rings. The van der Waals surface area contributed by atoms with Crippen molar-refractivity contribution < 1.29 is 9.59 Å². The Morgan fingerprint density at radius 1 is 1.06 bits per heavy atom. The highest BCUT2D eigenvalue weighted by Crippen LogP contribution is 2.44. The van der Waals surface area contributed by atoms with Crippen LogP contribution in [0.15, 0.2) is 60.7 Å². The molecule has 2 heterocycles. The van der Waals surface area contributed by atoms with Gasteiger partial charge in [-0.15, -0.1) is 11.3 Å². The molecule has 2 amide bonds. The largest absolute Gasteiger partial charge is 0.365 e. The quantitative estimate of drug-likeness (QED) is 0.349. The lowest BCUT2D eigenvalue weighted by Gasteiger charge is -2.33. The molecule has 2 aromatic carbocycles. The number of fused-ring (bicyclic) bond motifs is 2. The average molecular weight is 484 g/mol. The summed E-state index contributed by atoms with van der Waals surface area (Å²) in [5.74, 6) is -0.235. The normalized spacial score (nSPS) is 15.6. The van der Waals surface area contributed by atoms with E-state index >= 15 is 0 Å². The maximum atomic E-state index is 13.6. The molecule has 1 atom stereocenters. The predicted octanol–water partition coefficient (Wildman–Crippen LogP) is 6.47. The van der Waals surface area contributed by atoms with Gasteiger partial charge in [0.1, 0.15) is 5.00 Å². The van der Waals surface area contributed by atoms with Crippen LogP contribution in [-0.4, -0.2) is 16.8 Å². The number of nitrogens with one attached hydrogen (secondary N) is 1. The molecule has 6 heteroatoms. The van der Waals surface area contributed by atoms with Crippen LogP contribution >= 0.6 is 11.3 Å². The first-order valence-corrected chi connectivity index (χ1v) is 12.7. The van der Waals surface area contributed by atoms with Crippen LogP contribution in [0.1, 0.15) is 58.3 Å². The highest BCUT2D eigenvalue weighted by atomic mass is 32.1. The average Bonchev–Trinajstić information content (AvgIpc) is 3.20. The zero-order valence-corrected chi connectivity index (χ0v) is 21.0. The first kappa shape index (κ1) is 23.2. The molecule has 0 unspecified atom stereocenters. The molecule has 0 bridgehead atoms. The molecule has 1 aliphatic carbocycles. The number of carbonyl (C=O) groups excluding carboxylic acids is 2. The van der Waals surface area contributed by atoms with Crippen LogP contribution in [0.5, 0.6) is 0 Å². The molecule has 0 radical (unpaired) electrons. The molecular formula is C29H29N3O2S. The van der Waals surface area contributed by atoms with Crippen LogP contribution in [0.2, 0.25) is 0 Å². The van der Waals surface area contributed by atoms with Crippen LogP contribution in [0.3, 0.4) is 0 Å². The highest BCUT2D eigenvalue weighted by Gasteiger charge is 2.33. The molecule has 4 aromatic rings. The molecule has 0 saturated heterocycles. The van der Waals surface area contributed by atoms with Crippen molar-refractivity contribution in [2.45, 2.75) is 40.0 Å². The van der Waals surface area contributed by atoms with Crippen molar-refractivity contribution in [2.75, 3.05) is 5.32 Å². The molecule has 178 valence electrons. The third-order valence-electron chi connectivity index (χ3n) is 6.99. The van der Waals surface area contributed by atoms with Gasteiger partial charge in [-0.3, -0.25) is 9.59 Å². The number of rotatable bonds is 4. The van der Waals surface area contributed by atoms with Crippen LogP contribution in [0, 0.1) is 11.3 Å². The Bertz CT molecular complexity index is 1430. The van der Waals surface area contributed by atoms with Crippen LogP contribution < -0.4 is 11.1 Å². The van der Waals surface area contributed by atoms with E-state index in [4.69, 9.17) is 10.7 Å². The maximum absolute atomic E-state index is 13.6. The van der Waals surface area contributed by atoms with Crippen LogP contribution in [0.4, 0.5) is 5.00 Å². The van der Waals surface area contributed by atoms with Crippen molar-refractivity contribution in [3.63, 3.8) is 0 Å². The minimum absolute atomic E-state index is 0.182. The maximum Gasteiger partial charge on any atom is 0.257 e. The summed E-state index contributed by atoms with van der Waals surface area (Å²) in [6.07, 6.45) is 2.71.